The standard InChI is InChI=1S/C24H29ClN4O6S/c1-15(22(30)28(14-16-2-3-16)11-9-26-24(32)33)29-10-8-21(23(29)31)27-36(34,35)20-7-5-17-12-19(25)6-4-18(17)13-20/h4-7,12-13,15-16,21,26-27H,2-3,8-11,14H2,1H3,(H,32,33)/t15-,21?/m0/s1. The van der Waals surface area contributed by atoms with E-state index in [0.717, 1.165) is 18.2 Å². The summed E-state index contributed by atoms with van der Waals surface area (Å²) in [6.45, 7) is 2.66. The average molecular weight is 537 g/mol. The molecule has 2 aliphatic rings. The molecule has 1 aliphatic carbocycles. The van der Waals surface area contributed by atoms with Crippen LogP contribution in [0.3, 0.4) is 0 Å². The summed E-state index contributed by atoms with van der Waals surface area (Å²) >= 11 is 6.00. The Morgan fingerprint density at radius 3 is 2.56 bits per heavy atom. The van der Waals surface area contributed by atoms with Gasteiger partial charge in [-0.3, -0.25) is 9.59 Å². The third-order valence-corrected chi connectivity index (χ3v) is 8.30. The number of amides is 3. The van der Waals surface area contributed by atoms with E-state index < -0.39 is 34.1 Å². The molecule has 0 aromatic heterocycles. The van der Waals surface area contributed by atoms with Crippen molar-refractivity contribution >= 4 is 50.3 Å². The zero-order valence-corrected chi connectivity index (χ0v) is 21.4. The Bertz CT molecular complexity index is 1280. The van der Waals surface area contributed by atoms with Crippen LogP contribution in [0.15, 0.2) is 41.3 Å². The van der Waals surface area contributed by atoms with Crippen molar-refractivity contribution in [2.45, 2.75) is 43.2 Å². The zero-order chi connectivity index (χ0) is 26.0. The van der Waals surface area contributed by atoms with Crippen LogP contribution in [0, 0.1) is 5.92 Å². The number of nitrogens with zero attached hydrogens (tertiary/aromatic N) is 2. The Balaban J connectivity index is 1.42. The third-order valence-electron chi connectivity index (χ3n) is 6.59. The Morgan fingerprint density at radius 1 is 1.17 bits per heavy atom. The summed E-state index contributed by atoms with van der Waals surface area (Å²) in [7, 11) is -3.98. The first-order chi connectivity index (χ1) is 17.0. The van der Waals surface area contributed by atoms with Gasteiger partial charge in [0.15, 0.2) is 0 Å². The summed E-state index contributed by atoms with van der Waals surface area (Å²) < 4.78 is 28.5. The molecule has 0 spiro atoms. The van der Waals surface area contributed by atoms with Crippen LogP contribution in [0.25, 0.3) is 10.8 Å². The molecule has 3 amide bonds. The number of fused-ring (bicyclic) bond motifs is 1. The second-order valence-corrected chi connectivity index (χ2v) is 11.4. The number of likely N-dealkylation sites (tertiary alicyclic amines) is 1. The molecule has 0 radical (unpaired) electrons. The van der Waals surface area contributed by atoms with Crippen LogP contribution in [-0.2, 0) is 19.6 Å². The minimum Gasteiger partial charge on any atom is -0.465 e. The zero-order valence-electron chi connectivity index (χ0n) is 19.8. The molecule has 10 nitrogen and oxygen atoms in total. The van der Waals surface area contributed by atoms with E-state index in [9.17, 15) is 22.8 Å². The van der Waals surface area contributed by atoms with Crippen molar-refractivity contribution in [2.24, 2.45) is 5.92 Å². The number of halogens is 1. The second-order valence-electron chi connectivity index (χ2n) is 9.28. The third kappa shape index (κ3) is 6.08. The topological polar surface area (TPSA) is 136 Å². The largest absolute Gasteiger partial charge is 0.465 e. The minimum atomic E-state index is -3.98. The lowest BCUT2D eigenvalue weighted by Crippen LogP contribution is -2.51. The number of hydrogen-bond acceptors (Lipinski definition) is 5. The quantitative estimate of drug-likeness (QED) is 0.426. The van der Waals surface area contributed by atoms with Crippen molar-refractivity contribution in [1.29, 1.82) is 0 Å². The van der Waals surface area contributed by atoms with Crippen LogP contribution in [0.4, 0.5) is 4.79 Å². The van der Waals surface area contributed by atoms with Crippen LogP contribution in [-0.4, -0.2) is 79.5 Å². The van der Waals surface area contributed by atoms with Gasteiger partial charge in [-0.25, -0.2) is 13.2 Å². The molecule has 1 heterocycles. The molecule has 4 rings (SSSR count). The number of carbonyl (C=O) groups excluding carboxylic acids is 2. The van der Waals surface area contributed by atoms with E-state index in [1.165, 1.54) is 17.0 Å². The number of carboxylic acid groups (broad SMARTS) is 1. The number of benzene rings is 2. The Labute approximate surface area is 214 Å². The molecule has 194 valence electrons. The van der Waals surface area contributed by atoms with E-state index in [2.05, 4.69) is 10.0 Å². The van der Waals surface area contributed by atoms with Gasteiger partial charge in [-0.1, -0.05) is 23.7 Å². The smallest absolute Gasteiger partial charge is 0.404 e. The van der Waals surface area contributed by atoms with Crippen LogP contribution in [0.5, 0.6) is 0 Å². The first-order valence-electron chi connectivity index (χ1n) is 11.8. The average Bonchev–Trinajstić information content (AvgIpc) is 3.58. The lowest BCUT2D eigenvalue weighted by atomic mass is 10.1. The maximum Gasteiger partial charge on any atom is 0.404 e. The molecule has 1 unspecified atom stereocenters. The van der Waals surface area contributed by atoms with Crippen molar-refractivity contribution in [2.75, 3.05) is 26.2 Å². The predicted molar refractivity (Wildman–Crippen MR) is 134 cm³/mol. The molecule has 2 fully saturated rings. The van der Waals surface area contributed by atoms with E-state index in [-0.39, 0.29) is 36.9 Å². The van der Waals surface area contributed by atoms with Gasteiger partial charge >= 0.3 is 6.09 Å². The van der Waals surface area contributed by atoms with Gasteiger partial charge in [-0.2, -0.15) is 4.72 Å². The number of nitrogens with one attached hydrogen (secondary N) is 2. The van der Waals surface area contributed by atoms with Gasteiger partial charge in [0, 0.05) is 31.2 Å². The van der Waals surface area contributed by atoms with E-state index in [1.807, 2.05) is 0 Å². The van der Waals surface area contributed by atoms with Crippen LogP contribution >= 0.6 is 11.6 Å². The fraction of sp³-hybridized carbons (Fsp3) is 0.458. The highest BCUT2D eigenvalue weighted by Crippen LogP contribution is 2.30. The van der Waals surface area contributed by atoms with Gasteiger partial charge < -0.3 is 20.2 Å². The summed E-state index contributed by atoms with van der Waals surface area (Å²) in [6, 6.07) is 8.02. The molecular formula is C24H29ClN4O6S. The summed E-state index contributed by atoms with van der Waals surface area (Å²) in [4.78, 5) is 40.1. The Morgan fingerprint density at radius 2 is 1.86 bits per heavy atom. The number of rotatable bonds is 10. The van der Waals surface area contributed by atoms with Crippen LogP contribution in [0.2, 0.25) is 5.02 Å². The lowest BCUT2D eigenvalue weighted by Gasteiger charge is -2.30. The maximum atomic E-state index is 13.2. The fourth-order valence-corrected chi connectivity index (χ4v) is 5.85. The molecule has 2 aromatic carbocycles. The Kier molecular flexibility index (Phi) is 7.72. The number of sulfonamides is 1. The van der Waals surface area contributed by atoms with Gasteiger partial charge in [0.25, 0.3) is 0 Å². The SMILES string of the molecule is C[C@@H](C(=O)N(CCNC(=O)O)CC1CC1)N1CCC(NS(=O)(=O)c2ccc3cc(Cl)ccc3c2)C1=O. The van der Waals surface area contributed by atoms with E-state index in [4.69, 9.17) is 16.7 Å². The summed E-state index contributed by atoms with van der Waals surface area (Å²) in [5.41, 5.74) is 0. The first kappa shape index (κ1) is 26.2. The van der Waals surface area contributed by atoms with Crippen molar-refractivity contribution < 1.29 is 27.9 Å². The van der Waals surface area contributed by atoms with E-state index in [0.29, 0.717) is 22.9 Å². The first-order valence-corrected chi connectivity index (χ1v) is 13.7. The molecule has 1 aliphatic heterocycles. The maximum absolute atomic E-state index is 13.2. The highest BCUT2D eigenvalue weighted by Gasteiger charge is 2.40. The lowest BCUT2D eigenvalue weighted by molar-refractivity contribution is -0.143. The van der Waals surface area contributed by atoms with Gasteiger partial charge in [0.05, 0.1) is 4.90 Å². The molecule has 12 heteroatoms. The minimum absolute atomic E-state index is 0.0363. The predicted octanol–water partition coefficient (Wildman–Crippen LogP) is 2.27. The molecule has 1 saturated heterocycles. The van der Waals surface area contributed by atoms with Crippen LogP contribution in [0.1, 0.15) is 26.2 Å². The summed E-state index contributed by atoms with van der Waals surface area (Å²) in [6.07, 6.45) is 1.10. The molecule has 2 atom stereocenters. The molecular weight excluding hydrogens is 508 g/mol. The Hall–Kier alpha value is -2.89. The normalized spacial score (nSPS) is 18.9. The fourth-order valence-electron chi connectivity index (χ4n) is 4.41. The highest BCUT2D eigenvalue weighted by atomic mass is 35.5. The van der Waals surface area contributed by atoms with E-state index in [1.54, 1.807) is 36.1 Å². The number of carbonyl (C=O) groups is 3. The van der Waals surface area contributed by atoms with Crippen molar-refractivity contribution in [3.63, 3.8) is 0 Å². The van der Waals surface area contributed by atoms with Crippen molar-refractivity contribution in [3.05, 3.63) is 41.4 Å². The molecule has 2 aromatic rings. The van der Waals surface area contributed by atoms with Gasteiger partial charge in [-0.15, -0.1) is 0 Å². The highest BCUT2D eigenvalue weighted by molar-refractivity contribution is 7.89. The van der Waals surface area contributed by atoms with E-state index >= 15 is 0 Å². The van der Waals surface area contributed by atoms with Crippen molar-refractivity contribution in [3.8, 4) is 0 Å². The van der Waals surface area contributed by atoms with Gasteiger partial charge in [0.1, 0.15) is 12.1 Å². The van der Waals surface area contributed by atoms with Crippen LogP contribution < -0.4 is 10.0 Å². The molecule has 36 heavy (non-hydrogen) atoms. The molecule has 3 N–H and O–H groups in total. The second kappa shape index (κ2) is 10.6. The summed E-state index contributed by atoms with van der Waals surface area (Å²) in [5, 5.41) is 13.1. The van der Waals surface area contributed by atoms with Crippen molar-refractivity contribution in [1.82, 2.24) is 19.8 Å². The summed E-state index contributed by atoms with van der Waals surface area (Å²) in [5.74, 6) is -0.348. The number of hydrogen-bond donors (Lipinski definition) is 3. The van der Waals surface area contributed by atoms with Gasteiger partial charge in [-0.05, 0) is 67.1 Å². The monoisotopic (exact) mass is 536 g/mol. The molecule has 0 bridgehead atoms. The van der Waals surface area contributed by atoms with Gasteiger partial charge in [0.2, 0.25) is 21.8 Å². The molecule has 1 saturated carbocycles.